The van der Waals surface area contributed by atoms with Crippen molar-refractivity contribution in [1.82, 2.24) is 25.3 Å². The fourth-order valence-electron chi connectivity index (χ4n) is 4.61. The minimum absolute atomic E-state index is 0.0105. The van der Waals surface area contributed by atoms with Gasteiger partial charge in [0, 0.05) is 38.3 Å². The number of hydrogen-bond donors (Lipinski definition) is 2. The molecular weight excluding hydrogens is 491 g/mol. The second kappa shape index (κ2) is 11.7. The Kier molecular flexibility index (Phi) is 8.34. The molecule has 2 aliphatic rings. The normalized spacial score (nSPS) is 17.0. The van der Waals surface area contributed by atoms with Gasteiger partial charge in [0.2, 0.25) is 5.91 Å². The molecule has 9 nitrogen and oxygen atoms in total. The molecule has 0 atom stereocenters. The Bertz CT molecular complexity index is 1090. The maximum atomic E-state index is 13.5. The number of rotatable bonds is 7. The molecule has 2 N–H and O–H groups in total. The van der Waals surface area contributed by atoms with Gasteiger partial charge in [0.15, 0.2) is 5.69 Å². The van der Waals surface area contributed by atoms with Crippen LogP contribution in [-0.4, -0.2) is 64.9 Å². The molecule has 0 radical (unpaired) electrons. The summed E-state index contributed by atoms with van der Waals surface area (Å²) in [4.78, 5) is 38.9. The summed E-state index contributed by atoms with van der Waals surface area (Å²) in [6.45, 7) is 0.853. The summed E-state index contributed by atoms with van der Waals surface area (Å²) >= 11 is 0. The highest BCUT2D eigenvalue weighted by Crippen LogP contribution is 2.31. The molecule has 1 aromatic carbocycles. The number of nitrogens with one attached hydrogen (secondary N) is 2. The second-order valence-electron chi connectivity index (χ2n) is 9.27. The standard InChI is InChI=1S/C25H30F3N5O4/c26-25(27,28)21-20(16-33(31-21)18-6-2-1-3-7-18)23(35)30-13-12-29-22(34)17-10-14-32(15-11-17)24(36)37-19-8-4-5-9-19/h1-3,6-7,16-17,19H,4-5,8-15H2,(H,29,34)(H,30,35). The van der Waals surface area contributed by atoms with Crippen LogP contribution in [0.1, 0.15) is 54.6 Å². The number of para-hydroxylation sites is 1. The molecule has 1 saturated heterocycles. The lowest BCUT2D eigenvalue weighted by Gasteiger charge is -2.31. The van der Waals surface area contributed by atoms with Crippen LogP contribution in [0, 0.1) is 5.92 Å². The summed E-state index contributed by atoms with van der Waals surface area (Å²) < 4.78 is 46.9. The van der Waals surface area contributed by atoms with Crippen molar-refractivity contribution >= 4 is 17.9 Å². The first-order valence-corrected chi connectivity index (χ1v) is 12.5. The number of benzene rings is 1. The molecule has 37 heavy (non-hydrogen) atoms. The predicted molar refractivity (Wildman–Crippen MR) is 127 cm³/mol. The topological polar surface area (TPSA) is 106 Å². The molecule has 2 heterocycles. The number of hydrogen-bond acceptors (Lipinski definition) is 5. The van der Waals surface area contributed by atoms with Crippen LogP contribution in [-0.2, 0) is 15.7 Å². The Balaban J connectivity index is 1.22. The van der Waals surface area contributed by atoms with E-state index in [1.54, 1.807) is 35.2 Å². The van der Waals surface area contributed by atoms with Crippen molar-refractivity contribution in [3.63, 3.8) is 0 Å². The van der Waals surface area contributed by atoms with E-state index < -0.39 is 23.3 Å². The second-order valence-corrected chi connectivity index (χ2v) is 9.27. The molecule has 1 saturated carbocycles. The van der Waals surface area contributed by atoms with E-state index in [-0.39, 0.29) is 37.1 Å². The SMILES string of the molecule is O=C(NCCNC(=O)C1CCN(C(=O)OC2CCCC2)CC1)c1cn(-c2ccccc2)nc1C(F)(F)F. The number of amides is 3. The first kappa shape index (κ1) is 26.5. The van der Waals surface area contributed by atoms with Crippen molar-refractivity contribution in [2.24, 2.45) is 5.92 Å². The quantitative estimate of drug-likeness (QED) is 0.543. The predicted octanol–water partition coefficient (Wildman–Crippen LogP) is 3.53. The Morgan fingerprint density at radius 2 is 1.62 bits per heavy atom. The zero-order valence-electron chi connectivity index (χ0n) is 20.3. The highest BCUT2D eigenvalue weighted by molar-refractivity contribution is 5.95. The molecule has 0 unspecified atom stereocenters. The summed E-state index contributed by atoms with van der Waals surface area (Å²) in [5, 5.41) is 8.68. The molecule has 1 aromatic heterocycles. The average molecular weight is 522 g/mol. The van der Waals surface area contributed by atoms with Crippen LogP contribution in [0.4, 0.5) is 18.0 Å². The molecule has 2 fully saturated rings. The van der Waals surface area contributed by atoms with Crippen molar-refractivity contribution in [2.45, 2.75) is 50.8 Å². The summed E-state index contributed by atoms with van der Waals surface area (Å²) in [7, 11) is 0. The smallest absolute Gasteiger partial charge is 0.435 e. The fourth-order valence-corrected chi connectivity index (χ4v) is 4.61. The lowest BCUT2D eigenvalue weighted by atomic mass is 9.96. The van der Waals surface area contributed by atoms with Crippen LogP contribution < -0.4 is 10.6 Å². The van der Waals surface area contributed by atoms with E-state index in [1.807, 2.05) is 0 Å². The van der Waals surface area contributed by atoms with Gasteiger partial charge >= 0.3 is 12.3 Å². The van der Waals surface area contributed by atoms with Gasteiger partial charge in [-0.1, -0.05) is 18.2 Å². The van der Waals surface area contributed by atoms with Crippen molar-refractivity contribution in [1.29, 1.82) is 0 Å². The monoisotopic (exact) mass is 521 g/mol. The Morgan fingerprint density at radius 1 is 0.973 bits per heavy atom. The van der Waals surface area contributed by atoms with Crippen LogP contribution >= 0.6 is 0 Å². The molecule has 0 spiro atoms. The molecular formula is C25H30F3N5O4. The number of carbonyl (C=O) groups is 3. The molecule has 1 aliphatic carbocycles. The number of nitrogens with zero attached hydrogens (tertiary/aromatic N) is 3. The van der Waals surface area contributed by atoms with Gasteiger partial charge in [0.25, 0.3) is 5.91 Å². The number of ether oxygens (including phenoxy) is 1. The van der Waals surface area contributed by atoms with Crippen LogP contribution in [0.3, 0.4) is 0 Å². The van der Waals surface area contributed by atoms with E-state index >= 15 is 0 Å². The number of carbonyl (C=O) groups excluding carboxylic acids is 3. The molecule has 3 amide bonds. The van der Waals surface area contributed by atoms with Gasteiger partial charge in [-0.2, -0.15) is 18.3 Å². The van der Waals surface area contributed by atoms with Gasteiger partial charge in [-0.3, -0.25) is 9.59 Å². The third kappa shape index (κ3) is 6.80. The molecule has 0 bridgehead atoms. The molecule has 200 valence electrons. The summed E-state index contributed by atoms with van der Waals surface area (Å²) in [5.74, 6) is -1.43. The number of piperidine rings is 1. The van der Waals surface area contributed by atoms with Crippen molar-refractivity contribution in [3.05, 3.63) is 47.8 Å². The molecule has 4 rings (SSSR count). The summed E-state index contributed by atoms with van der Waals surface area (Å²) in [6.07, 6.45) is 0.810. The maximum absolute atomic E-state index is 13.5. The minimum Gasteiger partial charge on any atom is -0.446 e. The number of alkyl halides is 3. The largest absolute Gasteiger partial charge is 0.446 e. The van der Waals surface area contributed by atoms with E-state index in [9.17, 15) is 27.6 Å². The third-order valence-corrected chi connectivity index (χ3v) is 6.65. The van der Waals surface area contributed by atoms with Gasteiger partial charge in [0.1, 0.15) is 6.10 Å². The Morgan fingerprint density at radius 3 is 2.27 bits per heavy atom. The van der Waals surface area contributed by atoms with Crippen LogP contribution in [0.2, 0.25) is 0 Å². The number of likely N-dealkylation sites (tertiary alicyclic amines) is 1. The van der Waals surface area contributed by atoms with Crippen molar-refractivity contribution in [2.75, 3.05) is 26.2 Å². The van der Waals surface area contributed by atoms with E-state index in [0.29, 0.717) is 31.6 Å². The Hall–Kier alpha value is -3.57. The van der Waals surface area contributed by atoms with E-state index in [2.05, 4.69) is 15.7 Å². The molecule has 2 aromatic rings. The highest BCUT2D eigenvalue weighted by atomic mass is 19.4. The lowest BCUT2D eigenvalue weighted by molar-refractivity contribution is -0.141. The van der Waals surface area contributed by atoms with E-state index in [1.165, 1.54) is 0 Å². The minimum atomic E-state index is -4.81. The van der Waals surface area contributed by atoms with E-state index in [0.717, 1.165) is 36.6 Å². The highest BCUT2D eigenvalue weighted by Gasteiger charge is 2.39. The first-order valence-electron chi connectivity index (χ1n) is 12.5. The average Bonchev–Trinajstić information content (AvgIpc) is 3.57. The number of aromatic nitrogens is 2. The fraction of sp³-hybridized carbons (Fsp3) is 0.520. The van der Waals surface area contributed by atoms with Crippen LogP contribution in [0.5, 0.6) is 0 Å². The summed E-state index contributed by atoms with van der Waals surface area (Å²) in [6, 6.07) is 8.17. The maximum Gasteiger partial charge on any atom is 0.435 e. The number of halogens is 3. The zero-order valence-corrected chi connectivity index (χ0v) is 20.3. The lowest BCUT2D eigenvalue weighted by Crippen LogP contribution is -2.45. The molecule has 1 aliphatic heterocycles. The van der Waals surface area contributed by atoms with Gasteiger partial charge < -0.3 is 20.3 Å². The summed E-state index contributed by atoms with van der Waals surface area (Å²) in [5.41, 5.74) is -1.49. The van der Waals surface area contributed by atoms with Gasteiger partial charge in [0.05, 0.1) is 11.3 Å². The van der Waals surface area contributed by atoms with Crippen molar-refractivity contribution < 1.29 is 32.3 Å². The zero-order chi connectivity index (χ0) is 26.4. The first-order chi connectivity index (χ1) is 17.7. The molecule has 12 heteroatoms. The van der Waals surface area contributed by atoms with Crippen LogP contribution in [0.25, 0.3) is 5.69 Å². The van der Waals surface area contributed by atoms with Gasteiger partial charge in [-0.15, -0.1) is 0 Å². The third-order valence-electron chi connectivity index (χ3n) is 6.65. The van der Waals surface area contributed by atoms with Gasteiger partial charge in [-0.25, -0.2) is 9.48 Å². The Labute approximate surface area is 212 Å². The van der Waals surface area contributed by atoms with E-state index in [4.69, 9.17) is 4.74 Å². The van der Waals surface area contributed by atoms with Gasteiger partial charge in [-0.05, 0) is 50.7 Å². The van der Waals surface area contributed by atoms with Crippen molar-refractivity contribution in [3.8, 4) is 5.69 Å². The van der Waals surface area contributed by atoms with Crippen LogP contribution in [0.15, 0.2) is 36.5 Å².